The van der Waals surface area contributed by atoms with Crippen molar-refractivity contribution < 1.29 is 0 Å². The first-order chi connectivity index (χ1) is 8.84. The first kappa shape index (κ1) is 9.97. The van der Waals surface area contributed by atoms with Gasteiger partial charge in [0.05, 0.1) is 4.86 Å². The molecule has 2 nitrogen and oxygen atoms in total. The molecule has 0 amide bonds. The molecule has 0 bridgehead atoms. The minimum absolute atomic E-state index is 0.905. The van der Waals surface area contributed by atoms with Gasteiger partial charge in [-0.3, -0.25) is 4.98 Å². The molecule has 2 heterocycles. The van der Waals surface area contributed by atoms with Crippen LogP contribution in [0.3, 0.4) is 0 Å². The van der Waals surface area contributed by atoms with Crippen molar-refractivity contribution in [3.63, 3.8) is 0 Å². The number of pyridine rings is 1. The first-order valence-corrected chi connectivity index (χ1v) is 6.32. The van der Waals surface area contributed by atoms with Crippen molar-refractivity contribution in [1.82, 2.24) is 9.97 Å². The van der Waals surface area contributed by atoms with Gasteiger partial charge in [0.1, 0.15) is 0 Å². The number of nitrogens with one attached hydrogen (secondary N) is 1. The third-order valence-electron chi connectivity index (χ3n) is 3.53. The number of para-hydroxylation sites is 1. The number of benzene rings is 1. The highest BCUT2D eigenvalue weighted by Crippen LogP contribution is 2.32. The fraction of sp³-hybridized carbons (Fsp3) is 0.0667. The number of hydrogen-bond acceptors (Lipinski definition) is 2. The summed E-state index contributed by atoms with van der Waals surface area (Å²) in [5, 5.41) is 1.21. The molecule has 3 heteroatoms. The molecule has 1 aromatic carbocycles. The van der Waals surface area contributed by atoms with Gasteiger partial charge >= 0.3 is 0 Å². The number of thiocarbonyl (C=S) groups is 1. The number of aromatic amines is 1. The lowest BCUT2D eigenvalue weighted by atomic mass is 9.90. The molecule has 86 valence electrons. The molecule has 1 N–H and O–H groups in total. The zero-order chi connectivity index (χ0) is 12.1. The normalized spacial score (nSPS) is 13.4. The molecular formula is C15H10N2S. The third kappa shape index (κ3) is 1.22. The zero-order valence-electron chi connectivity index (χ0n) is 9.60. The van der Waals surface area contributed by atoms with Gasteiger partial charge in [-0.25, -0.2) is 0 Å². The van der Waals surface area contributed by atoms with Gasteiger partial charge in [-0.05, 0) is 17.7 Å². The van der Waals surface area contributed by atoms with Gasteiger partial charge in [-0.15, -0.1) is 0 Å². The van der Waals surface area contributed by atoms with E-state index in [1.54, 1.807) is 0 Å². The number of aromatic nitrogens is 2. The SMILES string of the molecule is S=C1c2cnccc2Cc2[nH]c3ccccc3c21. The Hall–Kier alpha value is -2.00. The molecule has 18 heavy (non-hydrogen) atoms. The van der Waals surface area contributed by atoms with Gasteiger partial charge in [0, 0.05) is 46.5 Å². The van der Waals surface area contributed by atoms with Gasteiger partial charge in [0.25, 0.3) is 0 Å². The highest BCUT2D eigenvalue weighted by atomic mass is 32.1. The van der Waals surface area contributed by atoms with Gasteiger partial charge in [-0.2, -0.15) is 0 Å². The molecule has 3 aromatic rings. The average Bonchev–Trinajstić information content (AvgIpc) is 2.77. The van der Waals surface area contributed by atoms with E-state index < -0.39 is 0 Å². The number of nitrogens with zero attached hydrogens (tertiary/aromatic N) is 1. The molecule has 0 atom stereocenters. The summed E-state index contributed by atoms with van der Waals surface area (Å²) >= 11 is 5.64. The highest BCUT2D eigenvalue weighted by Gasteiger charge is 2.23. The van der Waals surface area contributed by atoms with E-state index >= 15 is 0 Å². The van der Waals surface area contributed by atoms with Crippen LogP contribution in [0.1, 0.15) is 22.4 Å². The molecular weight excluding hydrogens is 240 g/mol. The molecule has 1 aliphatic carbocycles. The topological polar surface area (TPSA) is 28.7 Å². The first-order valence-electron chi connectivity index (χ1n) is 5.92. The van der Waals surface area contributed by atoms with Crippen LogP contribution >= 0.6 is 12.2 Å². The minimum atomic E-state index is 0.905. The number of H-pyrrole nitrogens is 1. The van der Waals surface area contributed by atoms with Crippen molar-refractivity contribution in [2.75, 3.05) is 0 Å². The van der Waals surface area contributed by atoms with E-state index in [0.29, 0.717) is 0 Å². The van der Waals surface area contributed by atoms with Gasteiger partial charge < -0.3 is 4.98 Å². The van der Waals surface area contributed by atoms with Crippen molar-refractivity contribution in [1.29, 1.82) is 0 Å². The summed E-state index contributed by atoms with van der Waals surface area (Å²) in [6.07, 6.45) is 4.61. The minimum Gasteiger partial charge on any atom is -0.358 e. The van der Waals surface area contributed by atoms with Crippen LogP contribution < -0.4 is 0 Å². The quantitative estimate of drug-likeness (QED) is 0.485. The van der Waals surface area contributed by atoms with Crippen LogP contribution in [0.25, 0.3) is 10.9 Å². The van der Waals surface area contributed by atoms with Crippen LogP contribution in [0.5, 0.6) is 0 Å². The van der Waals surface area contributed by atoms with E-state index in [2.05, 4.69) is 34.2 Å². The van der Waals surface area contributed by atoms with E-state index in [1.165, 1.54) is 22.2 Å². The fourth-order valence-corrected chi connectivity index (χ4v) is 3.11. The predicted molar refractivity (Wildman–Crippen MR) is 76.1 cm³/mol. The Morgan fingerprint density at radius 1 is 1.17 bits per heavy atom. The van der Waals surface area contributed by atoms with E-state index in [0.717, 1.165) is 22.4 Å². The Kier molecular flexibility index (Phi) is 1.94. The molecule has 4 rings (SSSR count). The maximum atomic E-state index is 5.64. The summed E-state index contributed by atoms with van der Waals surface area (Å²) in [7, 11) is 0. The molecule has 0 spiro atoms. The summed E-state index contributed by atoms with van der Waals surface area (Å²) in [5.74, 6) is 0. The lowest BCUT2D eigenvalue weighted by Gasteiger charge is -2.16. The highest BCUT2D eigenvalue weighted by molar-refractivity contribution is 7.81. The molecule has 0 unspecified atom stereocenters. The Bertz CT molecular complexity index is 786. The summed E-state index contributed by atoms with van der Waals surface area (Å²) in [6, 6.07) is 10.4. The summed E-state index contributed by atoms with van der Waals surface area (Å²) in [4.78, 5) is 8.58. The van der Waals surface area contributed by atoms with E-state index in [-0.39, 0.29) is 0 Å². The van der Waals surface area contributed by atoms with Crippen LogP contribution in [0, 0.1) is 0 Å². The molecule has 0 saturated carbocycles. The van der Waals surface area contributed by atoms with E-state index in [1.807, 2.05) is 18.5 Å². The molecule has 0 aliphatic heterocycles. The Labute approximate surface area is 110 Å². The molecule has 0 fully saturated rings. The third-order valence-corrected chi connectivity index (χ3v) is 3.96. The lowest BCUT2D eigenvalue weighted by Crippen LogP contribution is -2.13. The second kappa shape index (κ2) is 3.50. The smallest absolute Gasteiger partial charge is 0.0564 e. The van der Waals surface area contributed by atoms with Crippen LogP contribution in [-0.2, 0) is 6.42 Å². The van der Waals surface area contributed by atoms with Crippen LogP contribution in [0.4, 0.5) is 0 Å². The standard InChI is InChI=1S/C15H10N2S/c18-15-11-8-16-6-5-9(11)7-13-14(15)10-3-1-2-4-12(10)17-13/h1-6,8,17H,7H2. The summed E-state index contributed by atoms with van der Waals surface area (Å²) in [6.45, 7) is 0. The summed E-state index contributed by atoms with van der Waals surface area (Å²) < 4.78 is 0. The second-order valence-electron chi connectivity index (χ2n) is 4.56. The Morgan fingerprint density at radius 2 is 2.06 bits per heavy atom. The van der Waals surface area contributed by atoms with E-state index in [9.17, 15) is 0 Å². The monoisotopic (exact) mass is 250 g/mol. The maximum Gasteiger partial charge on any atom is 0.0564 e. The van der Waals surface area contributed by atoms with Crippen molar-refractivity contribution >= 4 is 28.0 Å². The lowest BCUT2D eigenvalue weighted by molar-refractivity contribution is 1.08. The Balaban J connectivity index is 2.06. The molecule has 2 aromatic heterocycles. The van der Waals surface area contributed by atoms with Crippen molar-refractivity contribution in [3.05, 3.63) is 65.1 Å². The second-order valence-corrected chi connectivity index (χ2v) is 4.97. The largest absolute Gasteiger partial charge is 0.358 e. The van der Waals surface area contributed by atoms with Gasteiger partial charge in [0.15, 0.2) is 0 Å². The molecule has 0 radical (unpaired) electrons. The van der Waals surface area contributed by atoms with Crippen LogP contribution in [0.2, 0.25) is 0 Å². The van der Waals surface area contributed by atoms with Gasteiger partial charge in [0.2, 0.25) is 0 Å². The van der Waals surface area contributed by atoms with Crippen molar-refractivity contribution in [2.45, 2.75) is 6.42 Å². The van der Waals surface area contributed by atoms with Crippen LogP contribution in [-0.4, -0.2) is 14.8 Å². The van der Waals surface area contributed by atoms with E-state index in [4.69, 9.17) is 12.2 Å². The van der Waals surface area contributed by atoms with Crippen LogP contribution in [0.15, 0.2) is 42.7 Å². The zero-order valence-corrected chi connectivity index (χ0v) is 10.4. The van der Waals surface area contributed by atoms with Gasteiger partial charge in [-0.1, -0.05) is 30.4 Å². The molecule has 0 saturated heterocycles. The van der Waals surface area contributed by atoms with Crippen molar-refractivity contribution in [2.24, 2.45) is 0 Å². The maximum absolute atomic E-state index is 5.64. The predicted octanol–water partition coefficient (Wildman–Crippen LogP) is 3.23. The summed E-state index contributed by atoms with van der Waals surface area (Å²) in [5.41, 5.74) is 5.92. The Morgan fingerprint density at radius 3 is 3.00 bits per heavy atom. The number of fused-ring (bicyclic) bond motifs is 4. The van der Waals surface area contributed by atoms with Crippen molar-refractivity contribution in [3.8, 4) is 0 Å². The average molecular weight is 250 g/mol. The molecule has 1 aliphatic rings. The number of hydrogen-bond donors (Lipinski definition) is 1. The fourth-order valence-electron chi connectivity index (χ4n) is 2.70. The number of rotatable bonds is 0.